The maximum Gasteiger partial charge on any atom is 0.271 e. The second-order valence-corrected chi connectivity index (χ2v) is 10.2. The first-order chi connectivity index (χ1) is 18.0. The highest BCUT2D eigenvalue weighted by Crippen LogP contribution is 2.39. The Balaban J connectivity index is 1.53. The lowest BCUT2D eigenvalue weighted by atomic mass is 10.1. The van der Waals surface area contributed by atoms with E-state index in [1.807, 2.05) is 82.7 Å². The molecule has 0 aliphatic rings. The van der Waals surface area contributed by atoms with Crippen molar-refractivity contribution in [3.05, 3.63) is 117 Å². The number of carbonyl (C=O) groups is 1. The number of nitrogens with zero attached hydrogens (tertiary/aromatic N) is 4. The molecule has 0 fully saturated rings. The number of non-ortho nitro benzene ring substituents is 1. The highest BCUT2D eigenvalue weighted by molar-refractivity contribution is 8.00. The van der Waals surface area contributed by atoms with Gasteiger partial charge in [0.2, 0.25) is 5.91 Å². The number of halogens is 1. The van der Waals surface area contributed by atoms with E-state index in [0.29, 0.717) is 11.0 Å². The smallest absolute Gasteiger partial charge is 0.271 e. The van der Waals surface area contributed by atoms with Gasteiger partial charge >= 0.3 is 0 Å². The zero-order valence-corrected chi connectivity index (χ0v) is 21.4. The van der Waals surface area contributed by atoms with Crippen LogP contribution in [0.1, 0.15) is 10.8 Å². The van der Waals surface area contributed by atoms with Crippen molar-refractivity contribution in [3.63, 3.8) is 0 Å². The van der Waals surface area contributed by atoms with Gasteiger partial charge in [-0.1, -0.05) is 78.0 Å². The van der Waals surface area contributed by atoms with Gasteiger partial charge in [-0.2, -0.15) is 0 Å². The summed E-state index contributed by atoms with van der Waals surface area (Å²) in [5.41, 5.74) is 1.74. The van der Waals surface area contributed by atoms with Crippen LogP contribution in [-0.2, 0) is 4.79 Å². The number of carbonyl (C=O) groups excluding carboxylic acids is 1. The number of para-hydroxylation sites is 1. The lowest BCUT2D eigenvalue weighted by Gasteiger charge is -2.18. The molecule has 0 radical (unpaired) electrons. The van der Waals surface area contributed by atoms with Crippen LogP contribution < -0.4 is 5.32 Å². The molecule has 2 aromatic heterocycles. The molecule has 5 aromatic rings. The summed E-state index contributed by atoms with van der Waals surface area (Å²) in [6.07, 6.45) is 0. The summed E-state index contributed by atoms with van der Waals surface area (Å²) in [5, 5.41) is 24.7. The van der Waals surface area contributed by atoms with E-state index in [4.69, 9.17) is 11.6 Å². The first-order valence-electron chi connectivity index (χ1n) is 11.0. The van der Waals surface area contributed by atoms with Gasteiger partial charge in [0, 0.05) is 17.8 Å². The molecule has 8 nitrogen and oxygen atoms in total. The van der Waals surface area contributed by atoms with Crippen LogP contribution in [0.25, 0.3) is 16.4 Å². The Labute approximate surface area is 225 Å². The van der Waals surface area contributed by atoms with Gasteiger partial charge in [0.15, 0.2) is 11.0 Å². The Morgan fingerprint density at radius 1 is 1.00 bits per heavy atom. The third-order valence-electron chi connectivity index (χ3n) is 5.37. The van der Waals surface area contributed by atoms with Gasteiger partial charge in [-0.15, -0.1) is 21.5 Å². The van der Waals surface area contributed by atoms with Crippen molar-refractivity contribution in [3.8, 4) is 16.4 Å². The summed E-state index contributed by atoms with van der Waals surface area (Å²) >= 11 is 9.05. The van der Waals surface area contributed by atoms with Crippen LogP contribution in [0.15, 0.2) is 102 Å². The van der Waals surface area contributed by atoms with Crippen LogP contribution in [0.5, 0.6) is 0 Å². The van der Waals surface area contributed by atoms with E-state index < -0.39 is 10.2 Å². The average molecular weight is 548 g/mol. The van der Waals surface area contributed by atoms with Crippen molar-refractivity contribution in [1.82, 2.24) is 14.8 Å². The molecule has 37 heavy (non-hydrogen) atoms. The summed E-state index contributed by atoms with van der Waals surface area (Å²) in [7, 11) is 0. The van der Waals surface area contributed by atoms with E-state index in [0.717, 1.165) is 16.1 Å². The number of anilines is 1. The molecule has 0 bridgehead atoms. The number of hydrogen-bond donors (Lipinski definition) is 1. The van der Waals surface area contributed by atoms with Crippen molar-refractivity contribution in [2.45, 2.75) is 10.4 Å². The van der Waals surface area contributed by atoms with Crippen LogP contribution in [0.2, 0.25) is 5.02 Å². The van der Waals surface area contributed by atoms with E-state index in [-0.39, 0.29) is 22.3 Å². The Morgan fingerprint density at radius 2 is 1.73 bits per heavy atom. The second-order valence-electron chi connectivity index (χ2n) is 7.77. The first kappa shape index (κ1) is 24.7. The van der Waals surface area contributed by atoms with E-state index in [9.17, 15) is 14.9 Å². The normalized spacial score (nSPS) is 11.7. The van der Waals surface area contributed by atoms with Gasteiger partial charge in [-0.3, -0.25) is 19.5 Å². The van der Waals surface area contributed by atoms with Gasteiger partial charge < -0.3 is 5.32 Å². The number of nitro groups is 1. The van der Waals surface area contributed by atoms with Crippen LogP contribution in [-0.4, -0.2) is 25.6 Å². The quantitative estimate of drug-likeness (QED) is 0.127. The van der Waals surface area contributed by atoms with Gasteiger partial charge in [0.1, 0.15) is 5.25 Å². The van der Waals surface area contributed by atoms with Crippen LogP contribution in [0.3, 0.4) is 0 Å². The molecule has 2 heterocycles. The number of rotatable bonds is 8. The Bertz CT molecular complexity index is 1540. The van der Waals surface area contributed by atoms with Gasteiger partial charge in [0.25, 0.3) is 5.69 Å². The molecule has 1 N–H and O–H groups in total. The van der Waals surface area contributed by atoms with E-state index in [2.05, 4.69) is 15.5 Å². The van der Waals surface area contributed by atoms with Gasteiger partial charge in [-0.25, -0.2) is 0 Å². The number of amides is 1. The number of nitrogens with one attached hydrogen (secondary N) is 1. The van der Waals surface area contributed by atoms with Crippen LogP contribution in [0.4, 0.5) is 11.4 Å². The number of thioether (sulfide) groups is 1. The second kappa shape index (κ2) is 11.0. The zero-order valence-electron chi connectivity index (χ0n) is 19.0. The molecular weight excluding hydrogens is 530 g/mol. The van der Waals surface area contributed by atoms with Crippen molar-refractivity contribution in [2.24, 2.45) is 0 Å². The summed E-state index contributed by atoms with van der Waals surface area (Å²) in [6, 6.07) is 26.9. The number of benzene rings is 3. The molecular formula is C26H18ClN5O3S2. The molecule has 0 spiro atoms. The molecule has 1 atom stereocenters. The first-order valence-corrected chi connectivity index (χ1v) is 13.2. The molecule has 0 unspecified atom stereocenters. The third-order valence-corrected chi connectivity index (χ3v) is 7.75. The highest BCUT2D eigenvalue weighted by Gasteiger charge is 2.27. The van der Waals surface area contributed by atoms with Crippen molar-refractivity contribution in [1.29, 1.82) is 0 Å². The fraction of sp³-hybridized carbons (Fsp3) is 0.0385. The summed E-state index contributed by atoms with van der Waals surface area (Å²) in [5.74, 6) is 0.321. The predicted octanol–water partition coefficient (Wildman–Crippen LogP) is 7.03. The molecule has 0 saturated carbocycles. The maximum atomic E-state index is 13.6. The molecule has 0 aliphatic carbocycles. The van der Waals surface area contributed by atoms with Crippen molar-refractivity contribution < 1.29 is 9.72 Å². The number of thiophene rings is 1. The molecule has 5 rings (SSSR count). The number of hydrogen-bond acceptors (Lipinski definition) is 7. The largest absolute Gasteiger partial charge is 0.323 e. The molecule has 11 heteroatoms. The van der Waals surface area contributed by atoms with Crippen molar-refractivity contribution >= 4 is 52.0 Å². The summed E-state index contributed by atoms with van der Waals surface area (Å²) in [6.45, 7) is 0. The standard InChI is InChI=1S/C26H18ClN5O3S2/c27-20-16-19(32(34)35)13-14-21(20)28-25(33)23(17-8-3-1-4-9-17)37-26-30-29-24(22-12-7-15-36-22)31(26)18-10-5-2-6-11-18/h1-16,23H,(H,28,33)/t23-/m1/s1. The van der Waals surface area contributed by atoms with Gasteiger partial charge in [-0.05, 0) is 35.2 Å². The minimum atomic E-state index is -0.713. The Kier molecular flexibility index (Phi) is 7.31. The molecule has 1 amide bonds. The van der Waals surface area contributed by atoms with E-state index in [1.165, 1.54) is 30.0 Å². The van der Waals surface area contributed by atoms with E-state index in [1.54, 1.807) is 11.3 Å². The average Bonchev–Trinajstić information content (AvgIpc) is 3.59. The van der Waals surface area contributed by atoms with Gasteiger partial charge in [0.05, 0.1) is 20.5 Å². The highest BCUT2D eigenvalue weighted by atomic mass is 35.5. The number of aromatic nitrogens is 3. The SMILES string of the molecule is O=C(Nc1ccc([N+](=O)[O-])cc1Cl)[C@H](Sc1nnc(-c2cccs2)n1-c1ccccc1)c1ccccc1. The minimum Gasteiger partial charge on any atom is -0.323 e. The lowest BCUT2D eigenvalue weighted by Crippen LogP contribution is -2.20. The third kappa shape index (κ3) is 5.41. The predicted molar refractivity (Wildman–Crippen MR) is 146 cm³/mol. The monoisotopic (exact) mass is 547 g/mol. The molecule has 0 saturated heterocycles. The Hall–Kier alpha value is -3.99. The van der Waals surface area contributed by atoms with Crippen LogP contribution in [0, 0.1) is 10.1 Å². The molecule has 0 aliphatic heterocycles. The lowest BCUT2D eigenvalue weighted by molar-refractivity contribution is -0.384. The summed E-state index contributed by atoms with van der Waals surface area (Å²) in [4.78, 5) is 25.1. The molecule has 3 aromatic carbocycles. The fourth-order valence-corrected chi connectivity index (χ4v) is 5.62. The topological polar surface area (TPSA) is 103 Å². The minimum absolute atomic E-state index is 0.0757. The van der Waals surface area contributed by atoms with Crippen molar-refractivity contribution in [2.75, 3.05) is 5.32 Å². The summed E-state index contributed by atoms with van der Waals surface area (Å²) < 4.78 is 1.93. The molecule has 184 valence electrons. The fourth-order valence-electron chi connectivity index (χ4n) is 3.64. The van der Waals surface area contributed by atoms with Crippen LogP contribution >= 0.6 is 34.7 Å². The zero-order chi connectivity index (χ0) is 25.8. The van der Waals surface area contributed by atoms with E-state index >= 15 is 0 Å². The Morgan fingerprint density at radius 3 is 2.38 bits per heavy atom. The maximum absolute atomic E-state index is 13.6. The number of nitro benzene ring substituents is 1.